The van der Waals surface area contributed by atoms with E-state index < -0.39 is 16.0 Å². The number of amides is 1. The third kappa shape index (κ3) is 14.8. The molecule has 0 atom stereocenters. The highest BCUT2D eigenvalue weighted by Crippen LogP contribution is 2.28. The van der Waals surface area contributed by atoms with Gasteiger partial charge < -0.3 is 33.2 Å². The van der Waals surface area contributed by atoms with Crippen LogP contribution in [0, 0.1) is 45.9 Å². The van der Waals surface area contributed by atoms with Gasteiger partial charge in [0.05, 0.1) is 52.9 Å². The van der Waals surface area contributed by atoms with E-state index in [1.807, 2.05) is 111 Å². The Labute approximate surface area is 423 Å². The third-order valence-corrected chi connectivity index (χ3v) is 13.4. The Morgan fingerprint density at radius 3 is 1.49 bits per heavy atom. The molecule has 0 saturated carbocycles. The van der Waals surface area contributed by atoms with Crippen LogP contribution in [0.5, 0.6) is 5.75 Å². The summed E-state index contributed by atoms with van der Waals surface area (Å²) in [5.41, 5.74) is 8.88. The van der Waals surface area contributed by atoms with E-state index in [-0.39, 0.29) is 60.9 Å². The topological polar surface area (TPSA) is 191 Å². The Morgan fingerprint density at radius 2 is 1.11 bits per heavy atom. The van der Waals surface area contributed by atoms with Gasteiger partial charge >= 0.3 is 5.97 Å². The molecule has 1 N–H and O–H groups in total. The van der Waals surface area contributed by atoms with Crippen LogP contribution in [0.15, 0.2) is 108 Å². The molecule has 0 bridgehead atoms. The fourth-order valence-corrected chi connectivity index (χ4v) is 8.47. The monoisotopic (exact) mass is 1010 g/mol. The predicted octanol–water partition coefficient (Wildman–Crippen LogP) is 8.52. The number of imidazole rings is 3. The first kappa shape index (κ1) is 57.5. The summed E-state index contributed by atoms with van der Waals surface area (Å²) in [4.78, 5) is 38.4. The smallest absolute Gasteiger partial charge is 0.335 e. The van der Waals surface area contributed by atoms with Crippen molar-refractivity contribution in [1.82, 2.24) is 37.9 Å². The zero-order valence-electron chi connectivity index (χ0n) is 41.3. The Balaban J connectivity index is 0.000000322. The first-order chi connectivity index (χ1) is 32.2. The van der Waals surface area contributed by atoms with Crippen LogP contribution in [0.25, 0.3) is 33.8 Å². The zero-order chi connectivity index (χ0) is 49.9. The second kappa shape index (κ2) is 25.7. The van der Waals surface area contributed by atoms with Crippen molar-refractivity contribution in [2.24, 2.45) is 21.1 Å². The number of aromatic nitrogens is 6. The number of carbonyl (C=O) groups is 2. The predicted molar refractivity (Wildman–Crippen MR) is 276 cm³/mol. The quantitative estimate of drug-likeness (QED) is 0.103. The number of hydrogen-bond donors (Lipinski definition) is 1. The van der Waals surface area contributed by atoms with Crippen molar-refractivity contribution in [3.63, 3.8) is 0 Å². The molecule has 0 aliphatic rings. The average molecular weight is 1020 g/mol. The Bertz CT molecular complexity index is 2930. The second-order valence-corrected chi connectivity index (χ2v) is 18.3. The fourth-order valence-electron chi connectivity index (χ4n) is 6.91. The number of hydrogen-bond acceptors (Lipinski definition) is 10. The Hall–Kier alpha value is -6.81. The van der Waals surface area contributed by atoms with Crippen LogP contribution >= 0.6 is 24.8 Å². The minimum absolute atomic E-state index is 0. The van der Waals surface area contributed by atoms with E-state index in [1.165, 1.54) is 11.4 Å². The number of aryl methyl sites for hydroxylation is 8. The largest absolute Gasteiger partial charge is 0.497 e. The fraction of sp³-hybridized carbons (Fsp3) is 0.294. The summed E-state index contributed by atoms with van der Waals surface area (Å²) in [5.74, 6) is 2.37. The standard InChI is InChI=1S/C27H36N4O5S.C12H11N3.C12H12N2O2.2ClH/c1-19-14-24(35-7)15-20(2)27(19)37(33,34)31(6)12-13-36-18-26(32)30(5)16-22-8-10-23(11-9-22)25-17-29(4)21(3)28-25;1-9-14-12(8-15(9)2)11-5-3-10(7-13)4-6-11;1-8-13-11(7-14(8)2)9-3-5-10(6-4-9)12(15)16;;/h8-11,14-15,17H,12-13,16,18H2,1-7H3;3-6,8H,1-2H3;3-7H,1-2H3,(H,15,16);2*1H. The maximum atomic E-state index is 13.1. The Kier molecular flexibility index (Phi) is 21.1. The van der Waals surface area contributed by atoms with Gasteiger partial charge in [0, 0.05) is 83.6 Å². The maximum absolute atomic E-state index is 13.1. The van der Waals surface area contributed by atoms with Gasteiger partial charge in [0.25, 0.3) is 0 Å². The molecule has 3 aromatic heterocycles. The van der Waals surface area contributed by atoms with Crippen LogP contribution in [0.1, 0.15) is 50.1 Å². The van der Waals surface area contributed by atoms with Gasteiger partial charge in [-0.25, -0.2) is 28.2 Å². The van der Waals surface area contributed by atoms with Crippen LogP contribution in [0.3, 0.4) is 0 Å². The molecule has 0 spiro atoms. The van der Waals surface area contributed by atoms with Gasteiger partial charge in [0.15, 0.2) is 0 Å². The molecule has 0 aliphatic heterocycles. The molecule has 0 aliphatic carbocycles. The summed E-state index contributed by atoms with van der Waals surface area (Å²) in [6.07, 6.45) is 5.89. The highest BCUT2D eigenvalue weighted by Gasteiger charge is 2.25. The summed E-state index contributed by atoms with van der Waals surface area (Å²) < 4.78 is 44.1. The van der Waals surface area contributed by atoms with Gasteiger partial charge in [-0.2, -0.15) is 9.57 Å². The number of sulfonamides is 1. The SMILES string of the molecule is COc1cc(C)c(S(=O)(=O)N(C)CCOCC(=O)N(C)Cc2ccc(-c3cn(C)c(C)n3)cc2)c(C)c1.Cc1nc(-c2ccc(C#N)cc2)cn1C.Cc1nc(-c2ccc(C(=O)O)cc2)cn1C.Cl.Cl. The van der Waals surface area contributed by atoms with E-state index in [4.69, 9.17) is 19.8 Å². The molecule has 0 radical (unpaired) electrons. The molecule has 16 nitrogen and oxygen atoms in total. The van der Waals surface area contributed by atoms with E-state index in [0.29, 0.717) is 29.0 Å². The number of carbonyl (C=O) groups excluding carboxylic acids is 1. The number of likely N-dealkylation sites (N-methyl/N-ethyl adjacent to an activating group) is 2. The van der Waals surface area contributed by atoms with E-state index in [1.54, 1.807) is 81.4 Å². The first-order valence-corrected chi connectivity index (χ1v) is 23.0. The van der Waals surface area contributed by atoms with Gasteiger partial charge in [-0.05, 0) is 87.7 Å². The van der Waals surface area contributed by atoms with Crippen LogP contribution in [0.4, 0.5) is 0 Å². The summed E-state index contributed by atoms with van der Waals surface area (Å²) in [6, 6.07) is 27.6. The molecule has 0 fully saturated rings. The number of methoxy groups -OCH3 is 1. The first-order valence-electron chi connectivity index (χ1n) is 21.6. The lowest BCUT2D eigenvalue weighted by Crippen LogP contribution is -2.33. The Morgan fingerprint density at radius 1 is 0.700 bits per heavy atom. The highest BCUT2D eigenvalue weighted by molar-refractivity contribution is 7.89. The molecule has 4 aromatic carbocycles. The minimum Gasteiger partial charge on any atom is -0.497 e. The highest BCUT2D eigenvalue weighted by atomic mass is 35.5. The van der Waals surface area contributed by atoms with E-state index in [0.717, 1.165) is 56.8 Å². The van der Waals surface area contributed by atoms with Gasteiger partial charge in [0.2, 0.25) is 15.9 Å². The molecule has 1 amide bonds. The van der Waals surface area contributed by atoms with Gasteiger partial charge in [-0.15, -0.1) is 24.8 Å². The van der Waals surface area contributed by atoms with Gasteiger partial charge in [-0.1, -0.05) is 48.5 Å². The molecule has 19 heteroatoms. The van der Waals surface area contributed by atoms with Gasteiger partial charge in [0.1, 0.15) is 29.8 Å². The number of rotatable bonds is 14. The van der Waals surface area contributed by atoms with E-state index in [9.17, 15) is 18.0 Å². The number of carboxylic acids is 1. The molecule has 372 valence electrons. The number of aromatic carboxylic acids is 1. The second-order valence-electron chi connectivity index (χ2n) is 16.3. The maximum Gasteiger partial charge on any atom is 0.335 e. The zero-order valence-corrected chi connectivity index (χ0v) is 43.7. The number of benzene rings is 4. The van der Waals surface area contributed by atoms with Crippen molar-refractivity contribution in [2.45, 2.75) is 46.1 Å². The number of carboxylic acid groups (broad SMARTS) is 1. The van der Waals surface area contributed by atoms with Crippen molar-refractivity contribution >= 4 is 46.7 Å². The van der Waals surface area contributed by atoms with Crippen molar-refractivity contribution in [3.8, 4) is 45.6 Å². The lowest BCUT2D eigenvalue weighted by Gasteiger charge is -2.21. The summed E-state index contributed by atoms with van der Waals surface area (Å²) in [5, 5.41) is 17.5. The molecular formula is C51H61Cl2N9O7S. The number of nitriles is 1. The molecule has 70 heavy (non-hydrogen) atoms. The summed E-state index contributed by atoms with van der Waals surface area (Å²) >= 11 is 0. The molecule has 7 rings (SSSR count). The number of halogens is 2. The minimum atomic E-state index is -3.71. The average Bonchev–Trinajstić information content (AvgIpc) is 3.97. The van der Waals surface area contributed by atoms with Gasteiger partial charge in [-0.3, -0.25) is 4.79 Å². The normalized spacial score (nSPS) is 10.7. The molecule has 0 saturated heterocycles. The van der Waals surface area contributed by atoms with E-state index >= 15 is 0 Å². The van der Waals surface area contributed by atoms with Crippen molar-refractivity contribution < 1.29 is 32.6 Å². The van der Waals surface area contributed by atoms with Crippen molar-refractivity contribution in [3.05, 3.63) is 149 Å². The van der Waals surface area contributed by atoms with Crippen LogP contribution < -0.4 is 4.74 Å². The summed E-state index contributed by atoms with van der Waals surface area (Å²) in [6.45, 7) is 9.87. The van der Waals surface area contributed by atoms with Crippen LogP contribution in [-0.2, 0) is 47.2 Å². The number of nitrogens with zero attached hydrogens (tertiary/aromatic N) is 9. The van der Waals surface area contributed by atoms with Crippen LogP contribution in [-0.4, -0.2) is 104 Å². The van der Waals surface area contributed by atoms with Crippen molar-refractivity contribution in [1.29, 1.82) is 5.26 Å². The molecular weight excluding hydrogens is 954 g/mol. The molecule has 0 unspecified atom stereocenters. The van der Waals surface area contributed by atoms with E-state index in [2.05, 4.69) is 21.0 Å². The lowest BCUT2D eigenvalue weighted by molar-refractivity contribution is -0.135. The third-order valence-electron chi connectivity index (χ3n) is 11.3. The summed E-state index contributed by atoms with van der Waals surface area (Å²) in [7, 11) is 6.91. The lowest BCUT2D eigenvalue weighted by atomic mass is 10.1. The molecule has 3 heterocycles. The molecule has 7 aromatic rings. The van der Waals surface area contributed by atoms with Crippen LogP contribution in [0.2, 0.25) is 0 Å². The van der Waals surface area contributed by atoms with Crippen molar-refractivity contribution in [2.75, 3.05) is 41.0 Å². The number of ether oxygens (including phenoxy) is 2.